The highest BCUT2D eigenvalue weighted by Crippen LogP contribution is 2.28. The topological polar surface area (TPSA) is 24.3 Å². The summed E-state index contributed by atoms with van der Waals surface area (Å²) >= 11 is 6.25. The fourth-order valence-electron chi connectivity index (χ4n) is 1.98. The van der Waals surface area contributed by atoms with Crippen molar-refractivity contribution < 1.29 is 0 Å². The minimum atomic E-state index is 0.794. The molecule has 1 fully saturated rings. The van der Waals surface area contributed by atoms with Crippen LogP contribution in [-0.4, -0.2) is 47.9 Å². The van der Waals surface area contributed by atoms with Crippen molar-refractivity contribution in [2.75, 3.05) is 38.1 Å². The lowest BCUT2D eigenvalue weighted by molar-refractivity contribution is 0.311. The Morgan fingerprint density at radius 1 is 1.13 bits per heavy atom. The summed E-state index contributed by atoms with van der Waals surface area (Å²) in [6.45, 7) is 6.16. The molecule has 0 aliphatic carbocycles. The van der Waals surface area contributed by atoms with Crippen LogP contribution in [0.25, 0.3) is 0 Å². The van der Waals surface area contributed by atoms with Gasteiger partial charge in [-0.15, -0.1) is 0 Å². The summed E-state index contributed by atoms with van der Waals surface area (Å²) in [4.78, 5) is 4.63. The Morgan fingerprint density at radius 3 is 2.20 bits per heavy atom. The fourth-order valence-corrected chi connectivity index (χ4v) is 2.26. The van der Waals surface area contributed by atoms with E-state index in [-0.39, 0.29) is 0 Å². The first-order chi connectivity index (χ1) is 7.09. The van der Waals surface area contributed by atoms with Gasteiger partial charge in [-0.2, -0.15) is 5.10 Å². The quantitative estimate of drug-likeness (QED) is 0.721. The monoisotopic (exact) mass is 228 g/mol. The zero-order chi connectivity index (χ0) is 11.0. The maximum atomic E-state index is 6.25. The van der Waals surface area contributed by atoms with Gasteiger partial charge in [-0.25, -0.2) is 0 Å². The molecule has 1 saturated heterocycles. The maximum Gasteiger partial charge on any atom is 0.145 e. The van der Waals surface area contributed by atoms with Crippen LogP contribution in [0, 0.1) is 6.92 Å². The number of aryl methyl sites for hydroxylation is 2. The van der Waals surface area contributed by atoms with Crippen molar-refractivity contribution in [3.8, 4) is 0 Å². The summed E-state index contributed by atoms with van der Waals surface area (Å²) in [7, 11) is 4.10. The van der Waals surface area contributed by atoms with Crippen LogP contribution in [0.15, 0.2) is 0 Å². The Labute approximate surface area is 95.4 Å². The minimum absolute atomic E-state index is 0.794. The molecule has 84 valence electrons. The van der Waals surface area contributed by atoms with Crippen LogP contribution < -0.4 is 4.90 Å². The van der Waals surface area contributed by atoms with Gasteiger partial charge in [0.15, 0.2) is 0 Å². The molecule has 1 aliphatic heterocycles. The van der Waals surface area contributed by atoms with Gasteiger partial charge in [-0.1, -0.05) is 11.6 Å². The third-order valence-electron chi connectivity index (χ3n) is 2.92. The molecule has 0 bridgehead atoms. The highest BCUT2D eigenvalue weighted by atomic mass is 35.5. The highest BCUT2D eigenvalue weighted by Gasteiger charge is 2.21. The molecule has 2 rings (SSSR count). The summed E-state index contributed by atoms with van der Waals surface area (Å²) in [5, 5.41) is 5.13. The van der Waals surface area contributed by atoms with E-state index < -0.39 is 0 Å². The lowest BCUT2D eigenvalue weighted by atomic mass is 10.3. The van der Waals surface area contributed by atoms with Gasteiger partial charge < -0.3 is 9.80 Å². The largest absolute Gasteiger partial charge is 0.353 e. The molecule has 1 aromatic rings. The second-order valence-electron chi connectivity index (χ2n) is 4.14. The number of rotatable bonds is 1. The van der Waals surface area contributed by atoms with Gasteiger partial charge in [0.05, 0.1) is 5.69 Å². The predicted octanol–water partition coefficient (Wildman–Crippen LogP) is 1.13. The number of likely N-dealkylation sites (N-methyl/N-ethyl adjacent to an activating group) is 1. The molecule has 5 heteroatoms. The SMILES string of the molecule is Cc1nn(C)c(N2CCN(C)CC2)c1Cl. The summed E-state index contributed by atoms with van der Waals surface area (Å²) < 4.78 is 1.88. The summed E-state index contributed by atoms with van der Waals surface area (Å²) in [5.74, 6) is 1.06. The van der Waals surface area contributed by atoms with E-state index in [0.29, 0.717) is 0 Å². The molecule has 2 heterocycles. The standard InChI is InChI=1S/C10H17ClN4/c1-8-9(11)10(14(3)12-8)15-6-4-13(2)5-7-15/h4-7H2,1-3H3. The number of anilines is 1. The van der Waals surface area contributed by atoms with Crippen molar-refractivity contribution in [1.29, 1.82) is 0 Å². The molecule has 15 heavy (non-hydrogen) atoms. The summed E-state index contributed by atoms with van der Waals surface area (Å²) in [6, 6.07) is 0. The van der Waals surface area contributed by atoms with Crippen LogP contribution in [0.4, 0.5) is 5.82 Å². The average molecular weight is 229 g/mol. The molecule has 1 aromatic heterocycles. The van der Waals surface area contributed by atoms with Crippen molar-refractivity contribution in [3.05, 3.63) is 10.7 Å². The van der Waals surface area contributed by atoms with Crippen LogP contribution in [0.1, 0.15) is 5.69 Å². The lowest BCUT2D eigenvalue weighted by Gasteiger charge is -2.33. The van der Waals surface area contributed by atoms with E-state index >= 15 is 0 Å². The smallest absolute Gasteiger partial charge is 0.145 e. The van der Waals surface area contributed by atoms with Crippen LogP contribution in [0.5, 0.6) is 0 Å². The van der Waals surface area contributed by atoms with E-state index in [1.54, 1.807) is 0 Å². The number of hydrogen-bond donors (Lipinski definition) is 0. The molecule has 0 spiro atoms. The molecule has 4 nitrogen and oxygen atoms in total. The Bertz CT molecular complexity index is 353. The molecule has 1 aliphatic rings. The molecule has 0 aromatic carbocycles. The van der Waals surface area contributed by atoms with E-state index in [4.69, 9.17) is 11.6 Å². The van der Waals surface area contributed by atoms with Gasteiger partial charge in [-0.05, 0) is 14.0 Å². The summed E-state index contributed by atoms with van der Waals surface area (Å²) in [5.41, 5.74) is 0.910. The molecule has 0 amide bonds. The average Bonchev–Trinajstić information content (AvgIpc) is 2.44. The third kappa shape index (κ3) is 1.96. The lowest BCUT2D eigenvalue weighted by Crippen LogP contribution is -2.45. The Kier molecular flexibility index (Phi) is 2.89. The molecular weight excluding hydrogens is 212 g/mol. The molecule has 0 atom stereocenters. The van der Waals surface area contributed by atoms with Gasteiger partial charge in [0, 0.05) is 33.2 Å². The number of piperazine rings is 1. The number of aromatic nitrogens is 2. The van der Waals surface area contributed by atoms with Crippen LogP contribution in [0.3, 0.4) is 0 Å². The normalized spacial score (nSPS) is 18.5. The molecular formula is C10H17ClN4. The van der Waals surface area contributed by atoms with Crippen molar-refractivity contribution in [3.63, 3.8) is 0 Å². The first-order valence-electron chi connectivity index (χ1n) is 5.22. The van der Waals surface area contributed by atoms with Gasteiger partial charge in [-0.3, -0.25) is 4.68 Å². The van der Waals surface area contributed by atoms with Crippen molar-refractivity contribution >= 4 is 17.4 Å². The fraction of sp³-hybridized carbons (Fsp3) is 0.700. The van der Waals surface area contributed by atoms with Crippen LogP contribution in [0.2, 0.25) is 5.02 Å². The Balaban J connectivity index is 2.22. The van der Waals surface area contributed by atoms with Crippen molar-refractivity contribution in [1.82, 2.24) is 14.7 Å². The van der Waals surface area contributed by atoms with E-state index in [1.165, 1.54) is 0 Å². The van der Waals surface area contributed by atoms with Crippen LogP contribution in [-0.2, 0) is 7.05 Å². The van der Waals surface area contributed by atoms with E-state index in [2.05, 4.69) is 21.9 Å². The molecule has 0 unspecified atom stereocenters. The first kappa shape index (κ1) is 10.8. The zero-order valence-corrected chi connectivity index (χ0v) is 10.3. The van der Waals surface area contributed by atoms with Crippen molar-refractivity contribution in [2.45, 2.75) is 6.92 Å². The van der Waals surface area contributed by atoms with E-state index in [0.717, 1.165) is 42.7 Å². The van der Waals surface area contributed by atoms with Gasteiger partial charge >= 0.3 is 0 Å². The Morgan fingerprint density at radius 2 is 1.73 bits per heavy atom. The maximum absolute atomic E-state index is 6.25. The second kappa shape index (κ2) is 4.02. The van der Waals surface area contributed by atoms with Gasteiger partial charge in [0.1, 0.15) is 10.8 Å². The summed E-state index contributed by atoms with van der Waals surface area (Å²) in [6.07, 6.45) is 0. The minimum Gasteiger partial charge on any atom is -0.353 e. The van der Waals surface area contributed by atoms with Gasteiger partial charge in [0.25, 0.3) is 0 Å². The van der Waals surface area contributed by atoms with E-state index in [1.807, 2.05) is 18.7 Å². The van der Waals surface area contributed by atoms with Gasteiger partial charge in [0.2, 0.25) is 0 Å². The zero-order valence-electron chi connectivity index (χ0n) is 9.50. The highest BCUT2D eigenvalue weighted by molar-refractivity contribution is 6.33. The second-order valence-corrected chi connectivity index (χ2v) is 4.51. The number of halogens is 1. The first-order valence-corrected chi connectivity index (χ1v) is 5.60. The van der Waals surface area contributed by atoms with Crippen molar-refractivity contribution in [2.24, 2.45) is 7.05 Å². The Hall–Kier alpha value is -0.740. The van der Waals surface area contributed by atoms with Crippen LogP contribution >= 0.6 is 11.6 Å². The molecule has 0 N–H and O–H groups in total. The predicted molar refractivity (Wildman–Crippen MR) is 62.7 cm³/mol. The number of hydrogen-bond acceptors (Lipinski definition) is 3. The molecule has 0 saturated carbocycles. The third-order valence-corrected chi connectivity index (χ3v) is 3.37. The number of nitrogens with zero attached hydrogens (tertiary/aromatic N) is 4. The molecule has 0 radical (unpaired) electrons. The van der Waals surface area contributed by atoms with E-state index in [9.17, 15) is 0 Å².